The maximum atomic E-state index is 11.6. The molecule has 0 aliphatic heterocycles. The molecule has 3 N–H and O–H groups in total. The Morgan fingerprint density at radius 3 is 2.40 bits per heavy atom. The van der Waals surface area contributed by atoms with Crippen molar-refractivity contribution >= 4 is 17.9 Å². The van der Waals surface area contributed by atoms with Gasteiger partial charge in [0.15, 0.2) is 5.82 Å². The number of aryl methyl sites for hydroxylation is 1. The number of nitrogens with one attached hydrogen (secondary N) is 2. The minimum atomic E-state index is -1.22. The van der Waals surface area contributed by atoms with Crippen LogP contribution in [0.3, 0.4) is 0 Å². The van der Waals surface area contributed by atoms with E-state index in [2.05, 4.69) is 15.5 Å². The van der Waals surface area contributed by atoms with Crippen LogP contribution in [0.4, 0.5) is 4.79 Å². The number of carboxylic acid groups (broad SMARTS) is 1. The van der Waals surface area contributed by atoms with Crippen LogP contribution in [0.1, 0.15) is 25.6 Å². The number of hydrogen-bond acceptors (Lipinski definition) is 6. The Morgan fingerprint density at radius 1 is 1.25 bits per heavy atom. The van der Waals surface area contributed by atoms with Gasteiger partial charge in [-0.3, -0.25) is 10.1 Å². The average Bonchev–Trinajstić information content (AvgIpc) is 2.80. The Labute approximate surface area is 114 Å². The molecule has 0 radical (unpaired) electrons. The lowest BCUT2D eigenvalue weighted by atomic mass is 10.1. The zero-order valence-corrected chi connectivity index (χ0v) is 11.2. The third kappa shape index (κ3) is 4.19. The molecule has 0 saturated carbocycles. The van der Waals surface area contributed by atoms with Gasteiger partial charge in [0.2, 0.25) is 5.89 Å². The van der Waals surface area contributed by atoms with Crippen LogP contribution < -0.4 is 10.6 Å². The fourth-order valence-corrected chi connectivity index (χ4v) is 1.14. The zero-order valence-electron chi connectivity index (χ0n) is 11.2. The zero-order chi connectivity index (χ0) is 15.3. The number of imide groups is 1. The molecule has 0 spiro atoms. The Morgan fingerprint density at radius 2 is 1.90 bits per heavy atom. The summed E-state index contributed by atoms with van der Waals surface area (Å²) in [5, 5.41) is 16.6. The minimum absolute atomic E-state index is 0.0167. The summed E-state index contributed by atoms with van der Waals surface area (Å²) in [7, 11) is 0. The number of hydrogen-bond donors (Lipinski definition) is 3. The minimum Gasteiger partial charge on any atom is -0.478 e. The number of rotatable bonds is 4. The highest BCUT2D eigenvalue weighted by atomic mass is 16.5. The van der Waals surface area contributed by atoms with E-state index < -0.39 is 17.9 Å². The second-order valence-corrected chi connectivity index (χ2v) is 3.92. The summed E-state index contributed by atoms with van der Waals surface area (Å²) in [6, 6.07) is -0.782. The molecule has 0 bridgehead atoms. The molecule has 1 rings (SSSR count). The second-order valence-electron chi connectivity index (χ2n) is 3.92. The van der Waals surface area contributed by atoms with E-state index in [1.807, 2.05) is 5.32 Å². The van der Waals surface area contributed by atoms with E-state index in [0.717, 1.165) is 0 Å². The number of aromatic nitrogens is 2. The van der Waals surface area contributed by atoms with E-state index in [9.17, 15) is 14.4 Å². The van der Waals surface area contributed by atoms with Gasteiger partial charge in [-0.15, -0.1) is 0 Å². The van der Waals surface area contributed by atoms with Crippen LogP contribution in [0.15, 0.2) is 15.7 Å². The summed E-state index contributed by atoms with van der Waals surface area (Å²) < 4.78 is 4.70. The first-order chi connectivity index (χ1) is 9.31. The van der Waals surface area contributed by atoms with E-state index in [1.165, 1.54) is 13.8 Å². The number of carbonyl (C=O) groups excluding carboxylic acids is 2. The van der Waals surface area contributed by atoms with Crippen LogP contribution in [0, 0.1) is 6.92 Å². The molecule has 0 aromatic carbocycles. The second kappa shape index (κ2) is 6.45. The molecular formula is C11H14N4O5. The maximum Gasteiger partial charge on any atom is 0.331 e. The van der Waals surface area contributed by atoms with Crippen molar-refractivity contribution in [2.75, 3.05) is 0 Å². The summed E-state index contributed by atoms with van der Waals surface area (Å²) in [6.07, 6.45) is 0. The Kier molecular flexibility index (Phi) is 4.95. The topological polar surface area (TPSA) is 134 Å². The van der Waals surface area contributed by atoms with Crippen molar-refractivity contribution in [3.05, 3.63) is 22.9 Å². The summed E-state index contributed by atoms with van der Waals surface area (Å²) in [5.74, 6) is -1.39. The van der Waals surface area contributed by atoms with Gasteiger partial charge in [0.05, 0.1) is 6.54 Å². The number of aliphatic carboxylic acids is 1. The van der Waals surface area contributed by atoms with Crippen LogP contribution in [-0.4, -0.2) is 33.2 Å². The van der Waals surface area contributed by atoms with Crippen LogP contribution in [-0.2, 0) is 16.1 Å². The molecule has 1 aromatic rings. The number of carbonyl (C=O) groups is 3. The predicted octanol–water partition coefficient (Wildman–Crippen LogP) is 0.125. The van der Waals surface area contributed by atoms with Crippen LogP contribution in [0.2, 0.25) is 0 Å². The van der Waals surface area contributed by atoms with Gasteiger partial charge in [-0.2, -0.15) is 4.98 Å². The first kappa shape index (κ1) is 15.3. The number of urea groups is 1. The van der Waals surface area contributed by atoms with Crippen LogP contribution >= 0.6 is 0 Å². The Bertz CT molecular complexity index is 575. The lowest BCUT2D eigenvalue weighted by molar-refractivity contribution is -0.133. The fourth-order valence-electron chi connectivity index (χ4n) is 1.14. The van der Waals surface area contributed by atoms with E-state index in [4.69, 9.17) is 9.63 Å². The smallest absolute Gasteiger partial charge is 0.331 e. The first-order valence-corrected chi connectivity index (χ1v) is 5.60. The van der Waals surface area contributed by atoms with Gasteiger partial charge in [-0.1, -0.05) is 5.16 Å². The standard InChI is InChI=1S/C11H14N4O5/c1-5(6(2)10(17)18)9(16)14-11(19)12-4-8-13-7(3)20-15-8/h4H2,1-3H3,(H,17,18)(H2,12,14,16,19). The highest BCUT2D eigenvalue weighted by Gasteiger charge is 2.15. The molecule has 0 aliphatic rings. The van der Waals surface area contributed by atoms with Gasteiger partial charge < -0.3 is 14.9 Å². The number of nitrogens with zero attached hydrogens (tertiary/aromatic N) is 2. The largest absolute Gasteiger partial charge is 0.478 e. The molecule has 0 saturated heterocycles. The SMILES string of the molecule is CC(C(=O)O)=C(C)C(=O)NC(=O)NCc1noc(C)n1. The third-order valence-electron chi connectivity index (χ3n) is 2.43. The molecule has 9 heteroatoms. The van der Waals surface area contributed by atoms with Crippen molar-refractivity contribution in [2.45, 2.75) is 27.3 Å². The Hall–Kier alpha value is -2.71. The van der Waals surface area contributed by atoms with Crippen LogP contribution in [0.5, 0.6) is 0 Å². The molecule has 0 fully saturated rings. The van der Waals surface area contributed by atoms with Crippen molar-refractivity contribution in [1.29, 1.82) is 0 Å². The average molecular weight is 282 g/mol. The quantitative estimate of drug-likeness (QED) is 0.668. The molecular weight excluding hydrogens is 268 g/mol. The van der Waals surface area contributed by atoms with Crippen molar-refractivity contribution in [3.63, 3.8) is 0 Å². The van der Waals surface area contributed by atoms with Gasteiger partial charge in [0.25, 0.3) is 5.91 Å². The molecule has 108 valence electrons. The summed E-state index contributed by atoms with van der Waals surface area (Å²) in [4.78, 5) is 37.5. The van der Waals surface area contributed by atoms with Crippen molar-refractivity contribution < 1.29 is 24.0 Å². The molecule has 1 heterocycles. The normalized spacial score (nSPS) is 11.6. The van der Waals surface area contributed by atoms with E-state index >= 15 is 0 Å². The van der Waals surface area contributed by atoms with E-state index in [0.29, 0.717) is 5.89 Å². The van der Waals surface area contributed by atoms with Crippen molar-refractivity contribution in [3.8, 4) is 0 Å². The predicted molar refractivity (Wildman–Crippen MR) is 65.4 cm³/mol. The first-order valence-electron chi connectivity index (χ1n) is 5.60. The van der Waals surface area contributed by atoms with Gasteiger partial charge in [-0.05, 0) is 13.8 Å². The lowest BCUT2D eigenvalue weighted by Crippen LogP contribution is -2.40. The number of carboxylic acids is 1. The number of amides is 3. The van der Waals surface area contributed by atoms with Gasteiger partial charge in [-0.25, -0.2) is 9.59 Å². The molecule has 0 aliphatic carbocycles. The third-order valence-corrected chi connectivity index (χ3v) is 2.43. The molecule has 3 amide bonds. The summed E-state index contributed by atoms with van der Waals surface area (Å²) >= 11 is 0. The monoisotopic (exact) mass is 282 g/mol. The van der Waals surface area contributed by atoms with E-state index in [1.54, 1.807) is 6.92 Å². The van der Waals surface area contributed by atoms with Crippen molar-refractivity contribution in [2.24, 2.45) is 0 Å². The molecule has 1 aromatic heterocycles. The molecule has 0 unspecified atom stereocenters. The van der Waals surface area contributed by atoms with E-state index in [-0.39, 0.29) is 23.5 Å². The highest BCUT2D eigenvalue weighted by molar-refractivity contribution is 6.07. The summed E-state index contributed by atoms with van der Waals surface area (Å²) in [5.41, 5.74) is -0.188. The van der Waals surface area contributed by atoms with Crippen LogP contribution in [0.25, 0.3) is 0 Å². The maximum absolute atomic E-state index is 11.6. The van der Waals surface area contributed by atoms with Gasteiger partial charge >= 0.3 is 12.0 Å². The van der Waals surface area contributed by atoms with Gasteiger partial charge in [0, 0.05) is 18.1 Å². The fraction of sp³-hybridized carbons (Fsp3) is 0.364. The van der Waals surface area contributed by atoms with Crippen molar-refractivity contribution in [1.82, 2.24) is 20.8 Å². The van der Waals surface area contributed by atoms with Gasteiger partial charge in [0.1, 0.15) is 0 Å². The summed E-state index contributed by atoms with van der Waals surface area (Å²) in [6.45, 7) is 4.17. The lowest BCUT2D eigenvalue weighted by Gasteiger charge is -2.06. The molecule has 0 atom stereocenters. The Balaban J connectivity index is 2.52. The highest BCUT2D eigenvalue weighted by Crippen LogP contribution is 2.03. The molecule has 20 heavy (non-hydrogen) atoms. The molecule has 9 nitrogen and oxygen atoms in total.